The van der Waals surface area contributed by atoms with E-state index in [1.165, 1.54) is 26.5 Å². The molecule has 1 heterocycles. The van der Waals surface area contributed by atoms with Crippen LogP contribution < -0.4 is 0 Å². The molecule has 0 spiro atoms. The van der Waals surface area contributed by atoms with Gasteiger partial charge in [-0.2, -0.15) is 0 Å². The van der Waals surface area contributed by atoms with E-state index < -0.39 is 0 Å². The van der Waals surface area contributed by atoms with Gasteiger partial charge < -0.3 is 0 Å². The number of hydrogen-bond acceptors (Lipinski definition) is 2. The van der Waals surface area contributed by atoms with E-state index in [1.54, 1.807) is 0 Å². The Balaban J connectivity index is 1.48. The molecule has 0 fully saturated rings. The minimum Gasteiger partial charge on any atom is -0.256 e. The van der Waals surface area contributed by atoms with Crippen LogP contribution in [-0.2, 0) is 0 Å². The highest BCUT2D eigenvalue weighted by atomic mass is 35.5. The molecule has 0 saturated carbocycles. The van der Waals surface area contributed by atoms with Crippen molar-refractivity contribution in [2.24, 2.45) is 4.99 Å². The molecule has 0 bridgehead atoms. The molecule has 140 valence electrons. The Morgan fingerprint density at radius 2 is 1.28 bits per heavy atom. The van der Waals surface area contributed by atoms with Crippen LogP contribution in [0.3, 0.4) is 0 Å². The van der Waals surface area contributed by atoms with Crippen LogP contribution in [0.4, 0.5) is 5.69 Å². The van der Waals surface area contributed by atoms with Crippen molar-refractivity contribution in [1.82, 2.24) is 0 Å². The van der Waals surface area contributed by atoms with Crippen LogP contribution in [0.5, 0.6) is 0 Å². The van der Waals surface area contributed by atoms with Gasteiger partial charge in [-0.25, -0.2) is 0 Å². The van der Waals surface area contributed by atoms with E-state index in [9.17, 15) is 0 Å². The number of hydrogen-bond donors (Lipinski definition) is 0. The molecule has 0 aromatic heterocycles. The summed E-state index contributed by atoms with van der Waals surface area (Å²) in [5, 5.41) is 0.734. The summed E-state index contributed by atoms with van der Waals surface area (Å²) in [7, 11) is 0. The largest absolute Gasteiger partial charge is 0.256 e. The zero-order chi connectivity index (χ0) is 19.6. The fraction of sp³-hybridized carbons (Fsp3) is 0.0385. The van der Waals surface area contributed by atoms with Crippen LogP contribution in [0.15, 0.2) is 112 Å². The number of nitrogens with zero attached hydrogens (tertiary/aromatic N) is 1. The van der Waals surface area contributed by atoms with Crippen molar-refractivity contribution in [2.45, 2.75) is 15.7 Å². The zero-order valence-corrected chi connectivity index (χ0v) is 17.2. The molecule has 0 atom stereocenters. The summed E-state index contributed by atoms with van der Waals surface area (Å²) in [6.45, 7) is 0. The third-order valence-corrected chi connectivity index (χ3v) is 6.57. The van der Waals surface area contributed by atoms with E-state index in [4.69, 9.17) is 11.6 Å². The van der Waals surface area contributed by atoms with Gasteiger partial charge in [-0.1, -0.05) is 84.0 Å². The maximum absolute atomic E-state index is 5.95. The average Bonchev–Trinajstić information content (AvgIpc) is 2.77. The van der Waals surface area contributed by atoms with Crippen LogP contribution >= 0.6 is 23.4 Å². The number of fused-ring (bicyclic) bond motifs is 2. The molecule has 0 unspecified atom stereocenters. The zero-order valence-electron chi connectivity index (χ0n) is 15.6. The van der Waals surface area contributed by atoms with Gasteiger partial charge in [0.2, 0.25) is 0 Å². The van der Waals surface area contributed by atoms with Gasteiger partial charge in [0.1, 0.15) is 0 Å². The summed E-state index contributed by atoms with van der Waals surface area (Å²) in [6, 6.07) is 33.7. The third kappa shape index (κ3) is 3.74. The maximum atomic E-state index is 5.95. The van der Waals surface area contributed by atoms with Gasteiger partial charge in [0.15, 0.2) is 0 Å². The second-order valence-electron chi connectivity index (χ2n) is 7.01. The number of aliphatic imine (C=N–C) groups is 1. The summed E-state index contributed by atoms with van der Waals surface area (Å²) < 4.78 is 0. The van der Waals surface area contributed by atoms with Crippen molar-refractivity contribution in [2.75, 3.05) is 0 Å². The Morgan fingerprint density at radius 1 is 0.690 bits per heavy atom. The van der Waals surface area contributed by atoms with Crippen LogP contribution in [0.2, 0.25) is 5.02 Å². The topological polar surface area (TPSA) is 12.4 Å². The van der Waals surface area contributed by atoms with E-state index in [-0.39, 0.29) is 5.92 Å². The first-order valence-corrected chi connectivity index (χ1v) is 10.7. The van der Waals surface area contributed by atoms with E-state index >= 15 is 0 Å². The van der Waals surface area contributed by atoms with E-state index in [1.807, 2.05) is 42.2 Å². The van der Waals surface area contributed by atoms with Crippen LogP contribution in [0.1, 0.15) is 28.2 Å². The van der Waals surface area contributed by atoms with Gasteiger partial charge in [-0.05, 0) is 58.7 Å². The molecule has 3 heteroatoms. The van der Waals surface area contributed by atoms with Crippen LogP contribution in [0, 0.1) is 0 Å². The van der Waals surface area contributed by atoms with E-state index in [0.29, 0.717) is 0 Å². The molecular weight excluding hydrogens is 394 g/mol. The fourth-order valence-corrected chi connectivity index (χ4v) is 4.98. The molecule has 0 aliphatic carbocycles. The maximum Gasteiger partial charge on any atom is 0.0630 e. The molecule has 1 nitrogen and oxygen atoms in total. The van der Waals surface area contributed by atoms with Gasteiger partial charge in [0.05, 0.1) is 5.69 Å². The van der Waals surface area contributed by atoms with E-state index in [2.05, 4.69) is 77.8 Å². The van der Waals surface area contributed by atoms with Gasteiger partial charge in [-0.15, -0.1) is 0 Å². The fourth-order valence-electron chi connectivity index (χ4n) is 3.72. The molecule has 4 aromatic carbocycles. The minimum absolute atomic E-state index is 0.248. The average molecular weight is 412 g/mol. The first-order valence-electron chi connectivity index (χ1n) is 9.53. The molecule has 4 aromatic rings. The summed E-state index contributed by atoms with van der Waals surface area (Å²) in [6.07, 6.45) is 1.87. The monoisotopic (exact) mass is 411 g/mol. The predicted molar refractivity (Wildman–Crippen MR) is 123 cm³/mol. The molecule has 0 saturated heterocycles. The number of benzene rings is 4. The lowest BCUT2D eigenvalue weighted by Crippen LogP contribution is -2.09. The first kappa shape index (κ1) is 18.2. The highest BCUT2D eigenvalue weighted by molar-refractivity contribution is 7.99. The first-order chi connectivity index (χ1) is 14.3. The second-order valence-corrected chi connectivity index (χ2v) is 8.53. The summed E-state index contributed by atoms with van der Waals surface area (Å²) >= 11 is 7.80. The summed E-state index contributed by atoms with van der Waals surface area (Å²) in [5.41, 5.74) is 6.00. The summed E-state index contributed by atoms with van der Waals surface area (Å²) in [5.74, 6) is 0.248. The minimum atomic E-state index is 0.248. The highest BCUT2D eigenvalue weighted by Gasteiger charge is 2.26. The van der Waals surface area contributed by atoms with Crippen molar-refractivity contribution in [3.05, 3.63) is 124 Å². The molecule has 1 aliphatic rings. The normalized spacial score (nSPS) is 13.3. The van der Waals surface area contributed by atoms with Crippen LogP contribution in [-0.4, -0.2) is 6.21 Å². The lowest BCUT2D eigenvalue weighted by Gasteiger charge is -2.28. The van der Waals surface area contributed by atoms with Crippen molar-refractivity contribution >= 4 is 35.3 Å². The molecule has 5 rings (SSSR count). The Kier molecular flexibility index (Phi) is 4.97. The lowest BCUT2D eigenvalue weighted by atomic mass is 9.84. The van der Waals surface area contributed by atoms with Gasteiger partial charge in [0, 0.05) is 26.9 Å². The Bertz CT molecular complexity index is 1130. The van der Waals surface area contributed by atoms with Gasteiger partial charge in [-0.3, -0.25) is 4.99 Å². The van der Waals surface area contributed by atoms with Crippen molar-refractivity contribution in [1.29, 1.82) is 0 Å². The van der Waals surface area contributed by atoms with Gasteiger partial charge >= 0.3 is 0 Å². The molecular formula is C26H18ClNS. The Hall–Kier alpha value is -2.81. The smallest absolute Gasteiger partial charge is 0.0630 e. The lowest BCUT2D eigenvalue weighted by molar-refractivity contribution is 0.902. The molecule has 0 radical (unpaired) electrons. The number of rotatable bonds is 3. The Morgan fingerprint density at radius 3 is 1.90 bits per heavy atom. The summed E-state index contributed by atoms with van der Waals surface area (Å²) in [4.78, 5) is 7.28. The molecule has 29 heavy (non-hydrogen) atoms. The Labute approximate surface area is 180 Å². The van der Waals surface area contributed by atoms with E-state index in [0.717, 1.165) is 16.3 Å². The number of halogens is 1. The van der Waals surface area contributed by atoms with Gasteiger partial charge in [0.25, 0.3) is 0 Å². The quantitative estimate of drug-likeness (QED) is 0.276. The molecule has 1 aliphatic heterocycles. The van der Waals surface area contributed by atoms with Crippen molar-refractivity contribution in [3.8, 4) is 0 Å². The van der Waals surface area contributed by atoms with Crippen molar-refractivity contribution in [3.63, 3.8) is 0 Å². The van der Waals surface area contributed by atoms with Crippen LogP contribution in [0.25, 0.3) is 0 Å². The molecule has 0 amide bonds. The standard InChI is InChI=1S/C26H18ClNS/c27-20-13-9-18(10-14-20)17-28-21-15-11-19(12-16-21)26-22-5-1-3-7-24(22)29-25-8-4-2-6-23(25)26/h1-17,26H. The second kappa shape index (κ2) is 7.90. The third-order valence-electron chi connectivity index (χ3n) is 5.14. The predicted octanol–water partition coefficient (Wildman–Crippen LogP) is 7.74. The SMILES string of the molecule is Clc1ccc(C=Nc2ccc(C3c4ccccc4Sc4ccccc43)cc2)cc1. The van der Waals surface area contributed by atoms with Crippen molar-refractivity contribution < 1.29 is 0 Å². The molecule has 0 N–H and O–H groups in total. The highest BCUT2D eigenvalue weighted by Crippen LogP contribution is 2.48.